The van der Waals surface area contributed by atoms with Crippen molar-refractivity contribution in [1.29, 1.82) is 0 Å². The van der Waals surface area contributed by atoms with E-state index in [1.54, 1.807) is 5.06 Å². The summed E-state index contributed by atoms with van der Waals surface area (Å²) in [5, 5.41) is 1.71. The fraction of sp³-hybridized carbons (Fsp3) is 0.917. The number of rotatable bonds is 8. The predicted molar refractivity (Wildman–Crippen MR) is 62.3 cm³/mol. The minimum absolute atomic E-state index is 0.0605. The second kappa shape index (κ2) is 8.72. The molecule has 0 saturated carbocycles. The zero-order chi connectivity index (χ0) is 11.7. The lowest BCUT2D eigenvalue weighted by Crippen LogP contribution is -2.30. The Hall–Kier alpha value is -0.570. The maximum absolute atomic E-state index is 11.7. The van der Waals surface area contributed by atoms with E-state index in [0.29, 0.717) is 0 Å². The lowest BCUT2D eigenvalue weighted by molar-refractivity contribution is -0.194. The van der Waals surface area contributed by atoms with Crippen molar-refractivity contribution in [3.8, 4) is 0 Å². The van der Waals surface area contributed by atoms with Gasteiger partial charge in [-0.1, -0.05) is 26.7 Å². The summed E-state index contributed by atoms with van der Waals surface area (Å²) < 4.78 is 0. The molecule has 1 atom stereocenters. The van der Waals surface area contributed by atoms with Crippen LogP contribution in [0.5, 0.6) is 0 Å². The van der Waals surface area contributed by atoms with E-state index in [0.717, 1.165) is 38.8 Å². The predicted octanol–water partition coefficient (Wildman–Crippen LogP) is 3.00. The van der Waals surface area contributed by atoms with Crippen molar-refractivity contribution in [3.05, 3.63) is 0 Å². The fourth-order valence-electron chi connectivity index (χ4n) is 1.49. The molecule has 0 aromatic heterocycles. The second-order valence-corrected chi connectivity index (χ2v) is 3.77. The van der Waals surface area contributed by atoms with E-state index in [9.17, 15) is 4.79 Å². The number of hydrogen-bond donors (Lipinski definition) is 0. The number of hydroxylamine groups is 2. The van der Waals surface area contributed by atoms with Gasteiger partial charge < -0.3 is 4.84 Å². The molecule has 3 nitrogen and oxygen atoms in total. The lowest BCUT2D eigenvalue weighted by atomic mass is 10.00. The van der Waals surface area contributed by atoms with Crippen LogP contribution in [0.2, 0.25) is 0 Å². The van der Waals surface area contributed by atoms with Crippen molar-refractivity contribution >= 4 is 5.97 Å². The molecule has 0 saturated heterocycles. The number of nitrogens with zero attached hydrogens (tertiary/aromatic N) is 1. The summed E-state index contributed by atoms with van der Waals surface area (Å²) in [5.74, 6) is 0.0141. The summed E-state index contributed by atoms with van der Waals surface area (Å²) in [7, 11) is 0. The van der Waals surface area contributed by atoms with Gasteiger partial charge in [0.05, 0.1) is 5.92 Å². The average molecular weight is 215 g/mol. The zero-order valence-corrected chi connectivity index (χ0v) is 10.6. The smallest absolute Gasteiger partial charge is 0.328 e. The van der Waals surface area contributed by atoms with Crippen molar-refractivity contribution in [3.63, 3.8) is 0 Å². The van der Waals surface area contributed by atoms with E-state index in [1.165, 1.54) is 0 Å². The number of carbonyl (C=O) groups excluding carboxylic acids is 1. The Morgan fingerprint density at radius 1 is 1.20 bits per heavy atom. The highest BCUT2D eigenvalue weighted by molar-refractivity contribution is 5.72. The molecule has 0 aromatic carbocycles. The first-order valence-corrected chi connectivity index (χ1v) is 6.16. The molecule has 0 N–H and O–H groups in total. The minimum atomic E-state index is -0.0605. The first kappa shape index (κ1) is 14.4. The maximum atomic E-state index is 11.7. The van der Waals surface area contributed by atoms with Gasteiger partial charge in [0.15, 0.2) is 0 Å². The number of carbonyl (C=O) groups is 1. The third kappa shape index (κ3) is 5.78. The largest absolute Gasteiger partial charge is 0.368 e. The monoisotopic (exact) mass is 215 g/mol. The zero-order valence-electron chi connectivity index (χ0n) is 10.6. The van der Waals surface area contributed by atoms with Crippen LogP contribution in [-0.2, 0) is 9.63 Å². The topological polar surface area (TPSA) is 29.5 Å². The lowest BCUT2D eigenvalue weighted by Gasteiger charge is -2.20. The van der Waals surface area contributed by atoms with Crippen LogP contribution in [0, 0.1) is 5.92 Å². The number of unbranched alkanes of at least 4 members (excludes halogenated alkanes) is 1. The molecular formula is C12H25NO2. The second-order valence-electron chi connectivity index (χ2n) is 3.77. The average Bonchev–Trinajstić information content (AvgIpc) is 2.26. The Bertz CT molecular complexity index is 167. The van der Waals surface area contributed by atoms with Crippen LogP contribution in [0.3, 0.4) is 0 Å². The van der Waals surface area contributed by atoms with Gasteiger partial charge in [-0.05, 0) is 26.7 Å². The summed E-state index contributed by atoms with van der Waals surface area (Å²) in [4.78, 5) is 17.0. The van der Waals surface area contributed by atoms with Crippen LogP contribution in [0.4, 0.5) is 0 Å². The van der Waals surface area contributed by atoms with Gasteiger partial charge in [0.2, 0.25) is 0 Å². The SMILES string of the molecule is CCCCC(CC)C(=O)ON(CC)CC. The molecule has 0 rings (SSSR count). The molecule has 0 fully saturated rings. The molecule has 0 aliphatic heterocycles. The molecule has 0 aromatic rings. The van der Waals surface area contributed by atoms with E-state index in [4.69, 9.17) is 4.84 Å². The van der Waals surface area contributed by atoms with Crippen molar-refractivity contribution in [2.75, 3.05) is 13.1 Å². The third-order valence-electron chi connectivity index (χ3n) is 2.66. The Kier molecular flexibility index (Phi) is 8.38. The first-order chi connectivity index (χ1) is 7.19. The van der Waals surface area contributed by atoms with Gasteiger partial charge in [-0.25, -0.2) is 0 Å². The molecule has 0 heterocycles. The molecule has 0 aliphatic carbocycles. The Morgan fingerprint density at radius 2 is 1.80 bits per heavy atom. The highest BCUT2D eigenvalue weighted by atomic mass is 16.7. The van der Waals surface area contributed by atoms with Gasteiger partial charge in [-0.3, -0.25) is 4.79 Å². The van der Waals surface area contributed by atoms with Crippen LogP contribution < -0.4 is 0 Å². The molecule has 0 radical (unpaired) electrons. The van der Waals surface area contributed by atoms with Gasteiger partial charge in [0, 0.05) is 13.1 Å². The summed E-state index contributed by atoms with van der Waals surface area (Å²) in [6.07, 6.45) is 4.06. The molecule has 0 bridgehead atoms. The number of hydrogen-bond acceptors (Lipinski definition) is 3. The van der Waals surface area contributed by atoms with E-state index >= 15 is 0 Å². The standard InChI is InChI=1S/C12H25NO2/c1-5-9-10-11(6-2)12(14)15-13(7-3)8-4/h11H,5-10H2,1-4H3. The summed E-state index contributed by atoms with van der Waals surface area (Å²) in [6.45, 7) is 9.68. The van der Waals surface area contributed by atoms with Gasteiger partial charge in [0.1, 0.15) is 0 Å². The third-order valence-corrected chi connectivity index (χ3v) is 2.66. The molecule has 0 amide bonds. The van der Waals surface area contributed by atoms with Crippen LogP contribution in [0.1, 0.15) is 53.4 Å². The van der Waals surface area contributed by atoms with Crippen LogP contribution in [-0.4, -0.2) is 24.1 Å². The van der Waals surface area contributed by atoms with Crippen molar-refractivity contribution in [2.45, 2.75) is 53.4 Å². The van der Waals surface area contributed by atoms with Crippen molar-refractivity contribution in [1.82, 2.24) is 5.06 Å². The van der Waals surface area contributed by atoms with Crippen LogP contribution in [0.25, 0.3) is 0 Å². The fourth-order valence-corrected chi connectivity index (χ4v) is 1.49. The normalized spacial score (nSPS) is 12.9. The van der Waals surface area contributed by atoms with E-state index in [1.807, 2.05) is 20.8 Å². The van der Waals surface area contributed by atoms with Crippen LogP contribution >= 0.6 is 0 Å². The molecule has 1 unspecified atom stereocenters. The maximum Gasteiger partial charge on any atom is 0.328 e. The summed E-state index contributed by atoms with van der Waals surface area (Å²) >= 11 is 0. The van der Waals surface area contributed by atoms with Crippen molar-refractivity contribution < 1.29 is 9.63 Å². The summed E-state index contributed by atoms with van der Waals surface area (Å²) in [5.41, 5.74) is 0. The Morgan fingerprint density at radius 3 is 2.20 bits per heavy atom. The van der Waals surface area contributed by atoms with Crippen LogP contribution in [0.15, 0.2) is 0 Å². The summed E-state index contributed by atoms with van der Waals surface area (Å²) in [6, 6.07) is 0. The molecule has 3 heteroatoms. The Labute approximate surface area is 93.7 Å². The first-order valence-electron chi connectivity index (χ1n) is 6.16. The minimum Gasteiger partial charge on any atom is -0.368 e. The van der Waals surface area contributed by atoms with Gasteiger partial charge >= 0.3 is 5.97 Å². The highest BCUT2D eigenvalue weighted by Gasteiger charge is 2.19. The van der Waals surface area contributed by atoms with E-state index in [2.05, 4.69) is 6.92 Å². The van der Waals surface area contributed by atoms with Gasteiger partial charge in [-0.2, -0.15) is 0 Å². The molecule has 0 spiro atoms. The Balaban J connectivity index is 4.02. The molecule has 0 aliphatic rings. The van der Waals surface area contributed by atoms with E-state index in [-0.39, 0.29) is 11.9 Å². The van der Waals surface area contributed by atoms with Gasteiger partial charge in [-0.15, -0.1) is 5.06 Å². The van der Waals surface area contributed by atoms with E-state index < -0.39 is 0 Å². The highest BCUT2D eigenvalue weighted by Crippen LogP contribution is 2.14. The quantitative estimate of drug-likeness (QED) is 0.583. The molecule has 15 heavy (non-hydrogen) atoms. The van der Waals surface area contributed by atoms with Gasteiger partial charge in [0.25, 0.3) is 0 Å². The van der Waals surface area contributed by atoms with Crippen molar-refractivity contribution in [2.24, 2.45) is 5.92 Å². The molecule has 90 valence electrons. The molecular weight excluding hydrogens is 190 g/mol.